The first kappa shape index (κ1) is 12.8. The second-order valence-corrected chi connectivity index (χ2v) is 4.82. The summed E-state index contributed by atoms with van der Waals surface area (Å²) in [5.74, 6) is 0. The van der Waals surface area contributed by atoms with Gasteiger partial charge in [-0.3, -0.25) is 9.67 Å². The molecular formula is C16H18N4. The highest BCUT2D eigenvalue weighted by Gasteiger charge is 2.17. The zero-order valence-electron chi connectivity index (χ0n) is 11.7. The fourth-order valence-corrected chi connectivity index (χ4v) is 2.54. The van der Waals surface area contributed by atoms with Gasteiger partial charge in [0, 0.05) is 24.8 Å². The monoisotopic (exact) mass is 266 g/mol. The van der Waals surface area contributed by atoms with Gasteiger partial charge in [0.25, 0.3) is 0 Å². The lowest BCUT2D eigenvalue weighted by Crippen LogP contribution is -2.23. The van der Waals surface area contributed by atoms with Crippen LogP contribution in [0.2, 0.25) is 0 Å². The summed E-state index contributed by atoms with van der Waals surface area (Å²) in [5.41, 5.74) is 3.27. The number of fused-ring (bicyclic) bond motifs is 1. The summed E-state index contributed by atoms with van der Waals surface area (Å²) in [6.45, 7) is 3.00. The number of aromatic nitrogens is 3. The van der Waals surface area contributed by atoms with Crippen LogP contribution in [-0.4, -0.2) is 21.3 Å². The number of nitrogens with one attached hydrogen (secondary N) is 1. The molecular weight excluding hydrogens is 248 g/mol. The van der Waals surface area contributed by atoms with Crippen LogP contribution in [0.1, 0.15) is 24.2 Å². The quantitative estimate of drug-likeness (QED) is 0.789. The number of nitrogens with zero attached hydrogens (tertiary/aromatic N) is 3. The van der Waals surface area contributed by atoms with Gasteiger partial charge in [-0.05, 0) is 30.3 Å². The molecule has 0 aliphatic carbocycles. The maximum Gasteiger partial charge on any atom is 0.0839 e. The minimum absolute atomic E-state index is 0.0918. The fraction of sp³-hybridized carbons (Fsp3) is 0.250. The first-order valence-corrected chi connectivity index (χ1v) is 6.86. The molecule has 4 heteroatoms. The van der Waals surface area contributed by atoms with E-state index in [-0.39, 0.29) is 6.04 Å². The summed E-state index contributed by atoms with van der Waals surface area (Å²) in [7, 11) is 1.94. The first-order valence-electron chi connectivity index (χ1n) is 6.86. The van der Waals surface area contributed by atoms with Crippen molar-refractivity contribution in [2.75, 3.05) is 6.54 Å². The van der Waals surface area contributed by atoms with Crippen LogP contribution in [0.4, 0.5) is 0 Å². The zero-order valence-corrected chi connectivity index (χ0v) is 11.7. The first-order chi connectivity index (χ1) is 9.79. The average Bonchev–Trinajstić information content (AvgIpc) is 2.91. The van der Waals surface area contributed by atoms with E-state index in [1.807, 2.05) is 36.3 Å². The number of rotatable bonds is 4. The van der Waals surface area contributed by atoms with Crippen molar-refractivity contribution in [3.05, 3.63) is 60.0 Å². The number of pyridine rings is 1. The Morgan fingerprint density at radius 1 is 1.20 bits per heavy atom. The van der Waals surface area contributed by atoms with Gasteiger partial charge in [0.15, 0.2) is 0 Å². The van der Waals surface area contributed by atoms with E-state index in [4.69, 9.17) is 0 Å². The molecule has 4 nitrogen and oxygen atoms in total. The van der Waals surface area contributed by atoms with E-state index in [1.54, 1.807) is 0 Å². The highest BCUT2D eigenvalue weighted by atomic mass is 15.3. The molecule has 102 valence electrons. The lowest BCUT2D eigenvalue weighted by molar-refractivity contribution is 0.603. The third-order valence-corrected chi connectivity index (χ3v) is 3.43. The number of hydrogen-bond donors (Lipinski definition) is 1. The molecule has 0 fully saturated rings. The van der Waals surface area contributed by atoms with Crippen molar-refractivity contribution in [2.24, 2.45) is 7.05 Å². The highest BCUT2D eigenvalue weighted by molar-refractivity contribution is 5.82. The van der Waals surface area contributed by atoms with Gasteiger partial charge in [-0.1, -0.05) is 25.1 Å². The van der Waals surface area contributed by atoms with Gasteiger partial charge in [-0.15, -0.1) is 0 Å². The van der Waals surface area contributed by atoms with E-state index < -0.39 is 0 Å². The summed E-state index contributed by atoms with van der Waals surface area (Å²) < 4.78 is 1.84. The standard InChI is InChI=1S/C16H18N4/c1-3-17-16(15-9-11-20(2)19-15)13-6-4-8-14-12(13)7-5-10-18-14/h4-11,16-17H,3H2,1-2H3. The van der Waals surface area contributed by atoms with Gasteiger partial charge in [0.2, 0.25) is 0 Å². The molecule has 1 unspecified atom stereocenters. The van der Waals surface area contributed by atoms with Crippen molar-refractivity contribution in [2.45, 2.75) is 13.0 Å². The van der Waals surface area contributed by atoms with Gasteiger partial charge in [-0.25, -0.2) is 0 Å². The van der Waals surface area contributed by atoms with Crippen LogP contribution in [0.5, 0.6) is 0 Å². The van der Waals surface area contributed by atoms with E-state index in [9.17, 15) is 0 Å². The molecule has 3 rings (SSSR count). The molecule has 0 bridgehead atoms. The third-order valence-electron chi connectivity index (χ3n) is 3.43. The Morgan fingerprint density at radius 3 is 2.85 bits per heavy atom. The second-order valence-electron chi connectivity index (χ2n) is 4.82. The van der Waals surface area contributed by atoms with Crippen molar-refractivity contribution in [3.63, 3.8) is 0 Å². The fourth-order valence-electron chi connectivity index (χ4n) is 2.54. The molecule has 0 spiro atoms. The number of benzene rings is 1. The van der Waals surface area contributed by atoms with Gasteiger partial charge >= 0.3 is 0 Å². The van der Waals surface area contributed by atoms with Gasteiger partial charge in [0.1, 0.15) is 0 Å². The molecule has 2 aromatic heterocycles. The molecule has 1 aromatic carbocycles. The van der Waals surface area contributed by atoms with Gasteiger partial charge in [0.05, 0.1) is 17.3 Å². The molecule has 20 heavy (non-hydrogen) atoms. The molecule has 1 atom stereocenters. The Bertz CT molecular complexity index is 712. The topological polar surface area (TPSA) is 42.7 Å². The van der Waals surface area contributed by atoms with Crippen molar-refractivity contribution in [3.8, 4) is 0 Å². The highest BCUT2D eigenvalue weighted by Crippen LogP contribution is 2.27. The van der Waals surface area contributed by atoms with E-state index in [0.717, 1.165) is 17.8 Å². The molecule has 3 aromatic rings. The zero-order chi connectivity index (χ0) is 13.9. The molecule has 1 N–H and O–H groups in total. The molecule has 0 aliphatic heterocycles. The second kappa shape index (κ2) is 5.43. The van der Waals surface area contributed by atoms with Crippen LogP contribution in [0.3, 0.4) is 0 Å². The van der Waals surface area contributed by atoms with Crippen LogP contribution in [-0.2, 0) is 7.05 Å². The van der Waals surface area contributed by atoms with Crippen molar-refractivity contribution < 1.29 is 0 Å². The predicted octanol–water partition coefficient (Wildman–Crippen LogP) is 2.67. The maximum absolute atomic E-state index is 4.55. The van der Waals surface area contributed by atoms with Gasteiger partial charge < -0.3 is 5.32 Å². The van der Waals surface area contributed by atoms with Crippen LogP contribution >= 0.6 is 0 Å². The summed E-state index contributed by atoms with van der Waals surface area (Å²) in [4.78, 5) is 4.43. The van der Waals surface area contributed by atoms with Crippen molar-refractivity contribution >= 4 is 10.9 Å². The molecule has 0 saturated carbocycles. The molecule has 0 amide bonds. The molecule has 0 radical (unpaired) electrons. The van der Waals surface area contributed by atoms with Crippen molar-refractivity contribution in [1.82, 2.24) is 20.1 Å². The normalized spacial score (nSPS) is 12.7. The Labute approximate surface area is 118 Å². The van der Waals surface area contributed by atoms with E-state index in [1.165, 1.54) is 10.9 Å². The lowest BCUT2D eigenvalue weighted by atomic mass is 9.99. The van der Waals surface area contributed by atoms with E-state index >= 15 is 0 Å². The third kappa shape index (κ3) is 2.30. The van der Waals surface area contributed by atoms with Gasteiger partial charge in [-0.2, -0.15) is 5.10 Å². The SMILES string of the molecule is CCNC(c1ccn(C)n1)c1cccc2ncccc12. The number of hydrogen-bond acceptors (Lipinski definition) is 3. The van der Waals surface area contributed by atoms with Crippen molar-refractivity contribution in [1.29, 1.82) is 0 Å². The summed E-state index contributed by atoms with van der Waals surface area (Å²) in [6, 6.07) is 12.5. The summed E-state index contributed by atoms with van der Waals surface area (Å²) in [6.07, 6.45) is 3.80. The van der Waals surface area contributed by atoms with Crippen LogP contribution in [0.25, 0.3) is 10.9 Å². The lowest BCUT2D eigenvalue weighted by Gasteiger charge is -2.18. The predicted molar refractivity (Wildman–Crippen MR) is 80.5 cm³/mol. The molecule has 0 saturated heterocycles. The number of aryl methyl sites for hydroxylation is 1. The maximum atomic E-state index is 4.55. The Morgan fingerprint density at radius 2 is 2.10 bits per heavy atom. The smallest absolute Gasteiger partial charge is 0.0839 e. The van der Waals surface area contributed by atoms with Crippen LogP contribution in [0.15, 0.2) is 48.8 Å². The van der Waals surface area contributed by atoms with Crippen LogP contribution in [0, 0.1) is 0 Å². The summed E-state index contributed by atoms with van der Waals surface area (Å²) in [5, 5.41) is 9.24. The average molecular weight is 266 g/mol. The Kier molecular flexibility index (Phi) is 3.48. The molecule has 0 aliphatic rings. The van der Waals surface area contributed by atoms with E-state index in [0.29, 0.717) is 0 Å². The minimum Gasteiger partial charge on any atom is -0.305 e. The van der Waals surface area contributed by atoms with E-state index in [2.05, 4.69) is 46.6 Å². The summed E-state index contributed by atoms with van der Waals surface area (Å²) >= 11 is 0. The van der Waals surface area contributed by atoms with Crippen LogP contribution < -0.4 is 5.32 Å². The molecule has 2 heterocycles. The Hall–Kier alpha value is -2.20. The Balaban J connectivity index is 2.14. The minimum atomic E-state index is 0.0918. The largest absolute Gasteiger partial charge is 0.305 e.